The lowest BCUT2D eigenvalue weighted by Crippen LogP contribution is -2.53. The molecule has 0 aliphatic carbocycles. The van der Waals surface area contributed by atoms with Crippen molar-refractivity contribution in [1.29, 1.82) is 0 Å². The number of para-hydroxylation sites is 1. The SMILES string of the molecule is CC(C)NC(C)(CO)COc1cccc2c1OC(C)(C)C2. The van der Waals surface area contributed by atoms with Crippen molar-refractivity contribution in [3.05, 3.63) is 23.8 Å². The molecule has 0 bridgehead atoms. The maximum atomic E-state index is 9.61. The molecular weight excluding hydrogens is 266 g/mol. The normalized spacial score (nSPS) is 19.0. The van der Waals surface area contributed by atoms with Crippen molar-refractivity contribution in [3.63, 3.8) is 0 Å². The van der Waals surface area contributed by atoms with Gasteiger partial charge in [-0.3, -0.25) is 0 Å². The Hall–Kier alpha value is -1.26. The zero-order valence-electron chi connectivity index (χ0n) is 13.7. The molecule has 1 heterocycles. The molecule has 1 atom stereocenters. The Balaban J connectivity index is 2.10. The van der Waals surface area contributed by atoms with Crippen LogP contribution in [0.5, 0.6) is 11.5 Å². The monoisotopic (exact) mass is 293 g/mol. The first-order chi connectivity index (χ1) is 9.75. The highest BCUT2D eigenvalue weighted by molar-refractivity contribution is 5.50. The topological polar surface area (TPSA) is 50.7 Å². The molecule has 1 aromatic carbocycles. The van der Waals surface area contributed by atoms with E-state index in [1.165, 1.54) is 5.56 Å². The second-order valence-electron chi connectivity index (χ2n) is 7.09. The second kappa shape index (κ2) is 5.85. The molecule has 4 heteroatoms. The summed E-state index contributed by atoms with van der Waals surface area (Å²) >= 11 is 0. The molecule has 1 unspecified atom stereocenters. The van der Waals surface area contributed by atoms with Gasteiger partial charge in [0, 0.05) is 18.0 Å². The summed E-state index contributed by atoms with van der Waals surface area (Å²) in [6, 6.07) is 6.27. The molecule has 0 radical (unpaired) electrons. The summed E-state index contributed by atoms with van der Waals surface area (Å²) in [5.74, 6) is 1.59. The van der Waals surface area contributed by atoms with Crippen molar-refractivity contribution in [2.24, 2.45) is 0 Å². The molecule has 1 aliphatic heterocycles. The number of fused-ring (bicyclic) bond motifs is 1. The number of hydrogen-bond acceptors (Lipinski definition) is 4. The molecule has 4 nitrogen and oxygen atoms in total. The van der Waals surface area contributed by atoms with Crippen LogP contribution in [0.15, 0.2) is 18.2 Å². The van der Waals surface area contributed by atoms with Crippen LogP contribution in [0.2, 0.25) is 0 Å². The number of nitrogens with one attached hydrogen (secondary N) is 1. The van der Waals surface area contributed by atoms with Gasteiger partial charge in [0.25, 0.3) is 0 Å². The molecule has 2 N–H and O–H groups in total. The van der Waals surface area contributed by atoms with Crippen LogP contribution in [0.3, 0.4) is 0 Å². The number of aliphatic hydroxyl groups is 1. The summed E-state index contributed by atoms with van der Waals surface area (Å²) in [6.45, 7) is 10.6. The smallest absolute Gasteiger partial charge is 0.165 e. The predicted molar refractivity (Wildman–Crippen MR) is 84.1 cm³/mol. The molecule has 0 amide bonds. The van der Waals surface area contributed by atoms with Crippen LogP contribution in [0, 0.1) is 0 Å². The van der Waals surface area contributed by atoms with Gasteiger partial charge in [-0.25, -0.2) is 0 Å². The first kappa shape index (κ1) is 16.1. The molecule has 21 heavy (non-hydrogen) atoms. The minimum atomic E-state index is -0.467. The Morgan fingerprint density at radius 3 is 2.76 bits per heavy atom. The molecule has 118 valence electrons. The van der Waals surface area contributed by atoms with Crippen molar-refractivity contribution < 1.29 is 14.6 Å². The van der Waals surface area contributed by atoms with E-state index in [1.807, 2.05) is 19.1 Å². The van der Waals surface area contributed by atoms with E-state index in [2.05, 4.69) is 39.1 Å². The van der Waals surface area contributed by atoms with Crippen LogP contribution >= 0.6 is 0 Å². The summed E-state index contributed by atoms with van der Waals surface area (Å²) in [6.07, 6.45) is 0.890. The lowest BCUT2D eigenvalue weighted by atomic mass is 10.0. The summed E-state index contributed by atoms with van der Waals surface area (Å²) in [5, 5.41) is 13.0. The fraction of sp³-hybridized carbons (Fsp3) is 0.647. The van der Waals surface area contributed by atoms with Gasteiger partial charge in [0.05, 0.1) is 12.1 Å². The molecule has 0 saturated heterocycles. The maximum absolute atomic E-state index is 9.61. The van der Waals surface area contributed by atoms with Crippen LogP contribution in [-0.4, -0.2) is 35.5 Å². The largest absolute Gasteiger partial charge is 0.488 e. The molecule has 1 aromatic rings. The lowest BCUT2D eigenvalue weighted by molar-refractivity contribution is 0.0993. The summed E-state index contributed by atoms with van der Waals surface area (Å²) in [5.41, 5.74) is 0.531. The Morgan fingerprint density at radius 1 is 1.43 bits per heavy atom. The number of ether oxygens (including phenoxy) is 2. The first-order valence-corrected chi connectivity index (χ1v) is 7.57. The Labute approximate surface area is 127 Å². The van der Waals surface area contributed by atoms with Crippen molar-refractivity contribution in [2.75, 3.05) is 13.2 Å². The van der Waals surface area contributed by atoms with Gasteiger partial charge >= 0.3 is 0 Å². The molecule has 0 fully saturated rings. The van der Waals surface area contributed by atoms with Gasteiger partial charge in [-0.05, 0) is 26.8 Å². The number of hydrogen-bond donors (Lipinski definition) is 2. The fourth-order valence-electron chi connectivity index (χ4n) is 2.77. The fourth-order valence-corrected chi connectivity index (χ4v) is 2.77. The van der Waals surface area contributed by atoms with Gasteiger partial charge in [-0.2, -0.15) is 0 Å². The first-order valence-electron chi connectivity index (χ1n) is 7.57. The summed E-state index contributed by atoms with van der Waals surface area (Å²) < 4.78 is 11.9. The van der Waals surface area contributed by atoms with Crippen LogP contribution in [-0.2, 0) is 6.42 Å². The summed E-state index contributed by atoms with van der Waals surface area (Å²) in [7, 11) is 0. The number of rotatable bonds is 6. The van der Waals surface area contributed by atoms with E-state index in [9.17, 15) is 5.11 Å². The van der Waals surface area contributed by atoms with Gasteiger partial charge in [0.15, 0.2) is 11.5 Å². The number of benzene rings is 1. The van der Waals surface area contributed by atoms with E-state index in [4.69, 9.17) is 9.47 Å². The van der Waals surface area contributed by atoms with E-state index in [-0.39, 0.29) is 18.2 Å². The third kappa shape index (κ3) is 3.89. The van der Waals surface area contributed by atoms with Gasteiger partial charge in [0.1, 0.15) is 12.2 Å². The van der Waals surface area contributed by atoms with E-state index in [0.717, 1.165) is 17.9 Å². The van der Waals surface area contributed by atoms with Crippen molar-refractivity contribution in [3.8, 4) is 11.5 Å². The van der Waals surface area contributed by atoms with E-state index in [1.54, 1.807) is 0 Å². The van der Waals surface area contributed by atoms with Crippen molar-refractivity contribution >= 4 is 0 Å². The van der Waals surface area contributed by atoms with Crippen LogP contribution in [0.4, 0.5) is 0 Å². The van der Waals surface area contributed by atoms with Gasteiger partial charge in [-0.15, -0.1) is 0 Å². The van der Waals surface area contributed by atoms with Crippen molar-refractivity contribution in [2.45, 2.75) is 58.2 Å². The minimum absolute atomic E-state index is 0.0204. The molecule has 0 saturated carbocycles. The molecule has 1 aliphatic rings. The van der Waals surface area contributed by atoms with Crippen LogP contribution < -0.4 is 14.8 Å². The maximum Gasteiger partial charge on any atom is 0.165 e. The molecule has 0 aromatic heterocycles. The van der Waals surface area contributed by atoms with E-state index >= 15 is 0 Å². The standard InChI is InChI=1S/C17H27NO3/c1-12(2)18-17(5,10-19)11-20-14-8-6-7-13-9-16(3,4)21-15(13)14/h6-8,12,18-19H,9-11H2,1-5H3. The third-order valence-electron chi connectivity index (χ3n) is 3.59. The highest BCUT2D eigenvalue weighted by Crippen LogP contribution is 2.41. The Morgan fingerprint density at radius 2 is 2.14 bits per heavy atom. The van der Waals surface area contributed by atoms with Crippen LogP contribution in [0.1, 0.15) is 40.2 Å². The number of aliphatic hydroxyl groups excluding tert-OH is 1. The van der Waals surface area contributed by atoms with Gasteiger partial charge in [-0.1, -0.05) is 26.0 Å². The van der Waals surface area contributed by atoms with Gasteiger partial charge < -0.3 is 19.9 Å². The van der Waals surface area contributed by atoms with Crippen molar-refractivity contribution in [1.82, 2.24) is 5.32 Å². The quantitative estimate of drug-likeness (QED) is 0.846. The average molecular weight is 293 g/mol. The molecule has 2 rings (SSSR count). The minimum Gasteiger partial charge on any atom is -0.488 e. The lowest BCUT2D eigenvalue weighted by Gasteiger charge is -2.31. The van der Waals surface area contributed by atoms with E-state index < -0.39 is 5.54 Å². The Kier molecular flexibility index (Phi) is 4.49. The Bertz CT molecular complexity index is 499. The predicted octanol–water partition coefficient (Wildman–Crippen LogP) is 2.53. The van der Waals surface area contributed by atoms with E-state index in [0.29, 0.717) is 6.61 Å². The highest BCUT2D eigenvalue weighted by atomic mass is 16.5. The third-order valence-corrected chi connectivity index (χ3v) is 3.59. The zero-order chi connectivity index (χ0) is 15.7. The average Bonchev–Trinajstić information content (AvgIpc) is 2.70. The second-order valence-corrected chi connectivity index (χ2v) is 7.09. The molecular formula is C17H27NO3. The highest BCUT2D eigenvalue weighted by Gasteiger charge is 2.33. The van der Waals surface area contributed by atoms with Crippen LogP contribution in [0.25, 0.3) is 0 Å². The molecule has 0 spiro atoms. The summed E-state index contributed by atoms with van der Waals surface area (Å²) in [4.78, 5) is 0. The van der Waals surface area contributed by atoms with Gasteiger partial charge in [0.2, 0.25) is 0 Å². The zero-order valence-corrected chi connectivity index (χ0v) is 13.7.